The molecule has 2 heterocycles. The van der Waals surface area contributed by atoms with Gasteiger partial charge >= 0.3 is 0 Å². The van der Waals surface area contributed by atoms with E-state index in [0.29, 0.717) is 0 Å². The molecule has 0 amide bonds. The lowest BCUT2D eigenvalue weighted by molar-refractivity contribution is 0.0536. The van der Waals surface area contributed by atoms with Crippen molar-refractivity contribution < 1.29 is 4.74 Å². The Morgan fingerprint density at radius 2 is 2.35 bits per heavy atom. The van der Waals surface area contributed by atoms with Crippen molar-refractivity contribution in [1.82, 2.24) is 5.32 Å². The van der Waals surface area contributed by atoms with E-state index in [9.17, 15) is 0 Å². The van der Waals surface area contributed by atoms with Gasteiger partial charge < -0.3 is 15.0 Å². The maximum atomic E-state index is 9.05. The molecule has 20 heavy (non-hydrogen) atoms. The lowest BCUT2D eigenvalue weighted by Gasteiger charge is -2.39. The molecule has 106 valence electrons. The second-order valence-electron chi connectivity index (χ2n) is 5.92. The smallest absolute Gasteiger partial charge is 0.0992 e. The zero-order valence-electron chi connectivity index (χ0n) is 11.8. The number of nitriles is 1. The number of hydrogen-bond acceptors (Lipinski definition) is 4. The number of ether oxygens (including phenoxy) is 1. The molecule has 1 N–H and O–H groups in total. The van der Waals surface area contributed by atoms with Crippen LogP contribution in [0.25, 0.3) is 0 Å². The molecule has 4 heteroatoms. The molecular weight excluding hydrogens is 250 g/mol. The van der Waals surface area contributed by atoms with Crippen LogP contribution in [0.2, 0.25) is 0 Å². The van der Waals surface area contributed by atoms with Crippen LogP contribution in [0.3, 0.4) is 0 Å². The molecule has 3 rings (SSSR count). The van der Waals surface area contributed by atoms with E-state index in [1.54, 1.807) is 0 Å². The van der Waals surface area contributed by atoms with E-state index in [-0.39, 0.29) is 5.41 Å². The van der Waals surface area contributed by atoms with Crippen molar-refractivity contribution in [3.05, 3.63) is 29.8 Å². The topological polar surface area (TPSA) is 48.3 Å². The molecule has 0 bridgehead atoms. The molecule has 4 nitrogen and oxygen atoms in total. The van der Waals surface area contributed by atoms with E-state index in [2.05, 4.69) is 22.4 Å². The van der Waals surface area contributed by atoms with E-state index in [1.807, 2.05) is 18.2 Å². The van der Waals surface area contributed by atoms with E-state index < -0.39 is 0 Å². The van der Waals surface area contributed by atoms with Gasteiger partial charge in [0.05, 0.1) is 24.8 Å². The van der Waals surface area contributed by atoms with Gasteiger partial charge in [0.15, 0.2) is 0 Å². The van der Waals surface area contributed by atoms with Gasteiger partial charge in [-0.25, -0.2) is 0 Å². The minimum Gasteiger partial charge on any atom is -0.379 e. The third-order valence-electron chi connectivity index (χ3n) is 4.34. The van der Waals surface area contributed by atoms with Gasteiger partial charge in [0.2, 0.25) is 0 Å². The monoisotopic (exact) mass is 271 g/mol. The van der Waals surface area contributed by atoms with Crippen molar-refractivity contribution in [2.45, 2.75) is 12.8 Å². The Labute approximate surface area is 120 Å². The van der Waals surface area contributed by atoms with Gasteiger partial charge in [-0.1, -0.05) is 6.07 Å². The average Bonchev–Trinajstić information content (AvgIpc) is 2.71. The van der Waals surface area contributed by atoms with E-state index in [1.165, 1.54) is 12.8 Å². The normalized spacial score (nSPS) is 27.1. The lowest BCUT2D eigenvalue weighted by atomic mass is 9.81. The molecular formula is C16H21N3O. The fourth-order valence-corrected chi connectivity index (χ4v) is 3.27. The van der Waals surface area contributed by atoms with Gasteiger partial charge in [-0.2, -0.15) is 5.26 Å². The van der Waals surface area contributed by atoms with Crippen LogP contribution in [-0.4, -0.2) is 39.4 Å². The number of piperidine rings is 1. The SMILES string of the molecule is N#Cc1cccc(N2CCOC[C@]3(CCCNC3)C2)c1. The molecule has 0 unspecified atom stereocenters. The second kappa shape index (κ2) is 5.82. The Bertz CT molecular complexity index is 503. The summed E-state index contributed by atoms with van der Waals surface area (Å²) in [6.07, 6.45) is 2.43. The number of benzene rings is 1. The molecule has 2 aliphatic rings. The summed E-state index contributed by atoms with van der Waals surface area (Å²) < 4.78 is 5.85. The van der Waals surface area contributed by atoms with Crippen LogP contribution < -0.4 is 10.2 Å². The first-order valence-electron chi connectivity index (χ1n) is 7.35. The van der Waals surface area contributed by atoms with Gasteiger partial charge in [-0.15, -0.1) is 0 Å². The van der Waals surface area contributed by atoms with Crippen LogP contribution in [0, 0.1) is 16.7 Å². The van der Waals surface area contributed by atoms with Crippen molar-refractivity contribution in [2.24, 2.45) is 5.41 Å². The number of hydrogen-bond donors (Lipinski definition) is 1. The molecule has 0 aliphatic carbocycles. The van der Waals surface area contributed by atoms with Crippen molar-refractivity contribution in [1.29, 1.82) is 5.26 Å². The summed E-state index contributed by atoms with van der Waals surface area (Å²) in [5.74, 6) is 0. The summed E-state index contributed by atoms with van der Waals surface area (Å²) >= 11 is 0. The quantitative estimate of drug-likeness (QED) is 0.845. The van der Waals surface area contributed by atoms with Gasteiger partial charge in [0, 0.05) is 30.7 Å². The van der Waals surface area contributed by atoms with Crippen LogP contribution in [0.5, 0.6) is 0 Å². The predicted molar refractivity (Wildman–Crippen MR) is 78.7 cm³/mol. The first-order valence-corrected chi connectivity index (χ1v) is 7.35. The Morgan fingerprint density at radius 1 is 1.40 bits per heavy atom. The molecule has 1 aromatic rings. The zero-order chi connectivity index (χ0) is 13.8. The predicted octanol–water partition coefficient (Wildman–Crippen LogP) is 1.76. The van der Waals surface area contributed by atoms with Crippen LogP contribution in [0.15, 0.2) is 24.3 Å². The van der Waals surface area contributed by atoms with E-state index in [4.69, 9.17) is 10.00 Å². The molecule has 0 aromatic heterocycles. The van der Waals surface area contributed by atoms with Crippen molar-refractivity contribution in [3.8, 4) is 6.07 Å². The van der Waals surface area contributed by atoms with Crippen molar-refractivity contribution in [3.63, 3.8) is 0 Å². The van der Waals surface area contributed by atoms with Gasteiger partial charge in [0.25, 0.3) is 0 Å². The molecule has 0 saturated carbocycles. The largest absolute Gasteiger partial charge is 0.379 e. The Kier molecular flexibility index (Phi) is 3.90. The van der Waals surface area contributed by atoms with Crippen LogP contribution >= 0.6 is 0 Å². The van der Waals surface area contributed by atoms with Gasteiger partial charge in [0.1, 0.15) is 0 Å². The van der Waals surface area contributed by atoms with E-state index >= 15 is 0 Å². The van der Waals surface area contributed by atoms with Crippen LogP contribution in [-0.2, 0) is 4.74 Å². The molecule has 2 aliphatic heterocycles. The minimum absolute atomic E-state index is 0.220. The maximum absolute atomic E-state index is 9.05. The van der Waals surface area contributed by atoms with Gasteiger partial charge in [-0.05, 0) is 37.6 Å². The molecule has 2 fully saturated rings. The summed E-state index contributed by atoms with van der Waals surface area (Å²) in [6.45, 7) is 5.66. The first-order chi connectivity index (χ1) is 9.81. The highest BCUT2D eigenvalue weighted by Gasteiger charge is 2.36. The Morgan fingerprint density at radius 3 is 3.15 bits per heavy atom. The highest BCUT2D eigenvalue weighted by Crippen LogP contribution is 2.31. The second-order valence-corrected chi connectivity index (χ2v) is 5.92. The summed E-state index contributed by atoms with van der Waals surface area (Å²) in [5.41, 5.74) is 2.08. The highest BCUT2D eigenvalue weighted by molar-refractivity contribution is 5.51. The average molecular weight is 271 g/mol. The lowest BCUT2D eigenvalue weighted by Crippen LogP contribution is -2.48. The van der Waals surface area contributed by atoms with Crippen molar-refractivity contribution >= 4 is 5.69 Å². The minimum atomic E-state index is 0.220. The van der Waals surface area contributed by atoms with Crippen LogP contribution in [0.4, 0.5) is 5.69 Å². The zero-order valence-corrected chi connectivity index (χ0v) is 11.8. The number of nitrogens with one attached hydrogen (secondary N) is 1. The Balaban J connectivity index is 1.82. The number of rotatable bonds is 1. The fraction of sp³-hybridized carbons (Fsp3) is 0.562. The summed E-state index contributed by atoms with van der Waals surface area (Å²) in [7, 11) is 0. The fourth-order valence-electron chi connectivity index (χ4n) is 3.27. The summed E-state index contributed by atoms with van der Waals surface area (Å²) in [5, 5.41) is 12.6. The summed E-state index contributed by atoms with van der Waals surface area (Å²) in [4.78, 5) is 2.38. The number of anilines is 1. The molecule has 1 spiro atoms. The highest BCUT2D eigenvalue weighted by atomic mass is 16.5. The Hall–Kier alpha value is -1.57. The molecule has 2 saturated heterocycles. The van der Waals surface area contributed by atoms with Crippen molar-refractivity contribution in [2.75, 3.05) is 44.3 Å². The van der Waals surface area contributed by atoms with E-state index in [0.717, 1.165) is 50.6 Å². The molecule has 1 atom stereocenters. The third-order valence-corrected chi connectivity index (χ3v) is 4.34. The standard InChI is InChI=1S/C16H21N3O/c17-10-14-3-1-4-15(9-14)19-7-8-20-13-16(12-19)5-2-6-18-11-16/h1,3-4,9,18H,2,5-8,11-13H2/t16-/m0/s1. The first kappa shape index (κ1) is 13.4. The molecule has 0 radical (unpaired) electrons. The summed E-state index contributed by atoms with van der Waals surface area (Å²) in [6, 6.07) is 10.1. The molecule has 1 aromatic carbocycles. The van der Waals surface area contributed by atoms with Gasteiger partial charge in [-0.3, -0.25) is 0 Å². The third kappa shape index (κ3) is 2.79. The van der Waals surface area contributed by atoms with Crippen LogP contribution in [0.1, 0.15) is 18.4 Å². The number of nitrogens with zero attached hydrogens (tertiary/aromatic N) is 2. The maximum Gasteiger partial charge on any atom is 0.0992 e.